The summed E-state index contributed by atoms with van der Waals surface area (Å²) >= 11 is 11.9. The molecule has 1 aliphatic rings. The zero-order valence-corrected chi connectivity index (χ0v) is 17.2. The predicted octanol–water partition coefficient (Wildman–Crippen LogP) is 2.62. The Labute approximate surface area is 175 Å². The molecule has 1 heterocycles. The van der Waals surface area contributed by atoms with Gasteiger partial charge in [-0.2, -0.15) is 17.5 Å². The van der Waals surface area contributed by atoms with E-state index in [1.807, 2.05) is 0 Å². The van der Waals surface area contributed by atoms with Gasteiger partial charge in [-0.1, -0.05) is 29.3 Å². The van der Waals surface area contributed by atoms with Gasteiger partial charge in [-0.05, 0) is 25.0 Å². The number of alkyl halides is 3. The number of nitrogens with zero attached hydrogens (tertiary/aromatic N) is 1. The summed E-state index contributed by atoms with van der Waals surface area (Å²) in [6, 6.07) is 4.30. The molecule has 162 valence electrons. The van der Waals surface area contributed by atoms with Gasteiger partial charge in [0.1, 0.15) is 11.4 Å². The maximum absolute atomic E-state index is 12.8. The third-order valence-corrected chi connectivity index (χ3v) is 6.99. The number of hydrogen-bond donors (Lipinski definition) is 1. The van der Waals surface area contributed by atoms with E-state index in [1.165, 1.54) is 18.2 Å². The van der Waals surface area contributed by atoms with Crippen molar-refractivity contribution in [3.63, 3.8) is 0 Å². The summed E-state index contributed by atoms with van der Waals surface area (Å²) in [5.41, 5.74) is 0. The summed E-state index contributed by atoms with van der Waals surface area (Å²) in [4.78, 5) is 23.1. The van der Waals surface area contributed by atoms with Crippen molar-refractivity contribution in [2.75, 3.05) is 26.2 Å². The Kier molecular flexibility index (Phi) is 7.77. The number of carbonyl (C=O) groups excluding carboxylic acids is 2. The lowest BCUT2D eigenvalue weighted by Gasteiger charge is -2.30. The van der Waals surface area contributed by atoms with E-state index in [0.717, 1.165) is 4.31 Å². The largest absolute Gasteiger partial charge is 0.455 e. The second kappa shape index (κ2) is 9.50. The fraction of sp³-hybridized carbons (Fsp3) is 0.500. The Balaban J connectivity index is 1.88. The van der Waals surface area contributed by atoms with Gasteiger partial charge < -0.3 is 10.1 Å². The van der Waals surface area contributed by atoms with Gasteiger partial charge >= 0.3 is 12.1 Å². The number of amides is 1. The van der Waals surface area contributed by atoms with Gasteiger partial charge in [0, 0.05) is 13.1 Å². The third kappa shape index (κ3) is 6.46. The molecule has 1 fully saturated rings. The molecule has 0 bridgehead atoms. The van der Waals surface area contributed by atoms with Crippen LogP contribution in [0.4, 0.5) is 13.2 Å². The smallest absolute Gasteiger partial charge is 0.405 e. The Morgan fingerprint density at radius 1 is 1.17 bits per heavy atom. The number of hydrogen-bond acceptors (Lipinski definition) is 5. The van der Waals surface area contributed by atoms with E-state index in [-0.39, 0.29) is 40.9 Å². The van der Waals surface area contributed by atoms with E-state index in [0.29, 0.717) is 0 Å². The van der Waals surface area contributed by atoms with Crippen LogP contribution in [0.5, 0.6) is 0 Å². The lowest BCUT2D eigenvalue weighted by atomic mass is 9.98. The zero-order valence-electron chi connectivity index (χ0n) is 14.8. The van der Waals surface area contributed by atoms with Crippen LogP contribution < -0.4 is 5.32 Å². The van der Waals surface area contributed by atoms with Gasteiger partial charge in [-0.15, -0.1) is 0 Å². The van der Waals surface area contributed by atoms with Crippen LogP contribution >= 0.6 is 23.2 Å². The highest BCUT2D eigenvalue weighted by molar-refractivity contribution is 7.89. The normalized spacial score (nSPS) is 16.4. The summed E-state index contributed by atoms with van der Waals surface area (Å²) in [5.74, 6) is -2.54. The van der Waals surface area contributed by atoms with Gasteiger partial charge in [0.05, 0.1) is 16.0 Å². The molecule has 0 unspecified atom stereocenters. The number of halogens is 5. The number of piperidine rings is 1. The average molecular weight is 477 g/mol. The molecule has 13 heteroatoms. The molecule has 7 nitrogen and oxygen atoms in total. The topological polar surface area (TPSA) is 92.8 Å². The summed E-state index contributed by atoms with van der Waals surface area (Å²) in [6.07, 6.45) is -4.34. The van der Waals surface area contributed by atoms with Crippen LogP contribution in [0.15, 0.2) is 23.1 Å². The number of carbonyl (C=O) groups is 2. The van der Waals surface area contributed by atoms with Crippen molar-refractivity contribution in [3.8, 4) is 0 Å². The molecular weight excluding hydrogens is 460 g/mol. The quantitative estimate of drug-likeness (QED) is 0.637. The minimum atomic E-state index is -4.57. The van der Waals surface area contributed by atoms with E-state index in [4.69, 9.17) is 27.9 Å². The van der Waals surface area contributed by atoms with E-state index in [1.54, 1.807) is 5.32 Å². The molecule has 1 amide bonds. The fourth-order valence-corrected chi connectivity index (χ4v) is 5.26. The Bertz CT molecular complexity index is 852. The van der Waals surface area contributed by atoms with Crippen LogP contribution in [0.25, 0.3) is 0 Å². The zero-order chi connectivity index (χ0) is 21.8. The van der Waals surface area contributed by atoms with Crippen molar-refractivity contribution in [2.24, 2.45) is 5.92 Å². The summed E-state index contributed by atoms with van der Waals surface area (Å²) in [5, 5.41) is 1.53. The van der Waals surface area contributed by atoms with Gasteiger partial charge in [0.25, 0.3) is 5.91 Å². The first-order valence-electron chi connectivity index (χ1n) is 8.36. The highest BCUT2D eigenvalue weighted by Gasteiger charge is 2.35. The van der Waals surface area contributed by atoms with Crippen molar-refractivity contribution in [1.29, 1.82) is 0 Å². The van der Waals surface area contributed by atoms with Crippen LogP contribution in [0.3, 0.4) is 0 Å². The van der Waals surface area contributed by atoms with Gasteiger partial charge in [-0.25, -0.2) is 8.42 Å². The first-order valence-corrected chi connectivity index (χ1v) is 10.6. The van der Waals surface area contributed by atoms with Crippen molar-refractivity contribution < 1.29 is 35.9 Å². The van der Waals surface area contributed by atoms with E-state index >= 15 is 0 Å². The molecule has 1 aromatic rings. The summed E-state index contributed by atoms with van der Waals surface area (Å²) in [6.45, 7) is -2.39. The first-order chi connectivity index (χ1) is 13.4. The molecule has 1 aromatic carbocycles. The van der Waals surface area contributed by atoms with Crippen LogP contribution in [-0.4, -0.2) is 57.0 Å². The second-order valence-corrected chi connectivity index (χ2v) is 8.92. The summed E-state index contributed by atoms with van der Waals surface area (Å²) < 4.78 is 67.5. The number of sulfonamides is 1. The maximum atomic E-state index is 12.8. The first kappa shape index (κ1) is 23.7. The summed E-state index contributed by atoms with van der Waals surface area (Å²) in [7, 11) is -3.97. The SMILES string of the molecule is O=C(COC(=O)C1CCN(S(=O)(=O)c2c(Cl)cccc2Cl)CC1)NCC(F)(F)F. The molecule has 0 spiro atoms. The van der Waals surface area contributed by atoms with Crippen molar-refractivity contribution in [3.05, 3.63) is 28.2 Å². The molecule has 0 aliphatic carbocycles. The van der Waals surface area contributed by atoms with Crippen molar-refractivity contribution in [2.45, 2.75) is 23.9 Å². The lowest BCUT2D eigenvalue weighted by molar-refractivity contribution is -0.155. The lowest BCUT2D eigenvalue weighted by Crippen LogP contribution is -2.41. The van der Waals surface area contributed by atoms with E-state index in [2.05, 4.69) is 0 Å². The molecule has 29 heavy (non-hydrogen) atoms. The van der Waals surface area contributed by atoms with Crippen LogP contribution in [0, 0.1) is 5.92 Å². The van der Waals surface area contributed by atoms with Gasteiger partial charge in [-0.3, -0.25) is 9.59 Å². The highest BCUT2D eigenvalue weighted by Crippen LogP contribution is 2.33. The van der Waals surface area contributed by atoms with Crippen LogP contribution in [0.2, 0.25) is 10.0 Å². The molecule has 0 atom stereocenters. The third-order valence-electron chi connectivity index (χ3n) is 4.14. The maximum Gasteiger partial charge on any atom is 0.405 e. The average Bonchev–Trinajstić information content (AvgIpc) is 2.63. The molecule has 0 saturated carbocycles. The van der Waals surface area contributed by atoms with Crippen LogP contribution in [0.1, 0.15) is 12.8 Å². The minimum absolute atomic E-state index is 0.01000. The number of rotatable bonds is 6. The molecule has 1 N–H and O–H groups in total. The van der Waals surface area contributed by atoms with Gasteiger partial charge in [0.15, 0.2) is 6.61 Å². The van der Waals surface area contributed by atoms with Crippen molar-refractivity contribution >= 4 is 45.1 Å². The Hall–Kier alpha value is -1.56. The minimum Gasteiger partial charge on any atom is -0.455 e. The standard InChI is InChI=1S/C16H17Cl2F3N2O5S/c17-11-2-1-3-12(18)14(11)29(26,27)23-6-4-10(5-7-23)15(25)28-8-13(24)22-9-16(19,20)21/h1-3,10H,4-9H2,(H,22,24). The molecule has 0 radical (unpaired) electrons. The Morgan fingerprint density at radius 2 is 1.72 bits per heavy atom. The monoisotopic (exact) mass is 476 g/mol. The fourth-order valence-electron chi connectivity index (χ4n) is 2.69. The van der Waals surface area contributed by atoms with E-state index in [9.17, 15) is 31.2 Å². The number of ether oxygens (including phenoxy) is 1. The number of esters is 1. The van der Waals surface area contributed by atoms with Crippen molar-refractivity contribution in [1.82, 2.24) is 9.62 Å². The number of nitrogens with one attached hydrogen (secondary N) is 1. The van der Waals surface area contributed by atoms with Gasteiger partial charge in [0.2, 0.25) is 10.0 Å². The number of benzene rings is 1. The van der Waals surface area contributed by atoms with Crippen LogP contribution in [-0.2, 0) is 24.3 Å². The second-order valence-electron chi connectivity index (χ2n) is 6.23. The molecule has 1 saturated heterocycles. The van der Waals surface area contributed by atoms with E-state index < -0.39 is 47.1 Å². The predicted molar refractivity (Wildman–Crippen MR) is 98.0 cm³/mol. The molecular formula is C16H17Cl2F3N2O5S. The molecule has 2 rings (SSSR count). The molecule has 1 aliphatic heterocycles. The Morgan fingerprint density at radius 3 is 2.24 bits per heavy atom. The molecule has 0 aromatic heterocycles. The highest BCUT2D eigenvalue weighted by atomic mass is 35.5.